The smallest absolute Gasteiger partial charge is 0.344 e. The van der Waals surface area contributed by atoms with Crippen molar-refractivity contribution in [1.29, 1.82) is 5.26 Å². The molecule has 1 aliphatic heterocycles. The third kappa shape index (κ3) is 4.32. The predicted molar refractivity (Wildman–Crippen MR) is 101 cm³/mol. The average Bonchev–Trinajstić information content (AvgIpc) is 3.02. The van der Waals surface area contributed by atoms with Gasteiger partial charge in [0.2, 0.25) is 5.78 Å². The van der Waals surface area contributed by atoms with Gasteiger partial charge in [-0.15, -0.1) is 0 Å². The van der Waals surface area contributed by atoms with Crippen molar-refractivity contribution in [3.05, 3.63) is 65.0 Å². The van der Waals surface area contributed by atoms with Crippen LogP contribution in [0.3, 0.4) is 0 Å². The van der Waals surface area contributed by atoms with Gasteiger partial charge in [0.25, 0.3) is 0 Å². The number of rotatable bonds is 6. The third-order valence-corrected chi connectivity index (χ3v) is 5.10. The second-order valence-corrected chi connectivity index (χ2v) is 6.78. The van der Waals surface area contributed by atoms with Gasteiger partial charge in [0.05, 0.1) is 5.69 Å². The Morgan fingerprint density at radius 2 is 1.96 bits per heavy atom. The summed E-state index contributed by atoms with van der Waals surface area (Å²) < 4.78 is 23.1. The molecule has 0 atom stereocenters. The molecule has 0 radical (unpaired) electrons. The van der Waals surface area contributed by atoms with Gasteiger partial charge in [-0.25, -0.2) is 9.18 Å². The molecule has 0 bridgehead atoms. The number of carbonyl (C=O) groups is 2. The molecule has 8 heteroatoms. The number of hydrogen-bond donors (Lipinski definition) is 0. The minimum absolute atomic E-state index is 0.0810. The summed E-state index contributed by atoms with van der Waals surface area (Å²) in [6, 6.07) is 14.7. The van der Waals surface area contributed by atoms with E-state index in [2.05, 4.69) is 0 Å². The van der Waals surface area contributed by atoms with Crippen LogP contribution in [0.4, 0.5) is 10.1 Å². The van der Waals surface area contributed by atoms with E-state index in [1.54, 1.807) is 11.9 Å². The molecule has 0 aromatic heterocycles. The van der Waals surface area contributed by atoms with Crippen molar-refractivity contribution >= 4 is 29.2 Å². The van der Waals surface area contributed by atoms with Crippen LogP contribution in [-0.4, -0.2) is 32.0 Å². The molecule has 1 aliphatic rings. The number of halogens is 1. The number of ether oxygens (including phenoxy) is 2. The van der Waals surface area contributed by atoms with Crippen molar-refractivity contribution in [3.63, 3.8) is 0 Å². The highest BCUT2D eigenvalue weighted by Crippen LogP contribution is 2.46. The fraction of sp³-hybridized carbons (Fsp3) is 0.150. The first-order valence-corrected chi connectivity index (χ1v) is 9.03. The zero-order valence-electron chi connectivity index (χ0n) is 14.8. The van der Waals surface area contributed by atoms with Crippen LogP contribution in [0.25, 0.3) is 0 Å². The number of fused-ring (bicyclic) bond motifs is 1. The van der Waals surface area contributed by atoms with Gasteiger partial charge in [-0.2, -0.15) is 5.26 Å². The number of nitriles is 1. The molecule has 2 aromatic carbocycles. The Bertz CT molecular complexity index is 1000. The SMILES string of the molecule is CN1/C(=C(\C#N)C(=O)COC(=O)COc2cccc(F)c2)Sc2ccccc21. The van der Waals surface area contributed by atoms with Gasteiger partial charge in [0.1, 0.15) is 28.2 Å². The molecular formula is C20H15FN2O4S. The second kappa shape index (κ2) is 8.59. The summed E-state index contributed by atoms with van der Waals surface area (Å²) in [5, 5.41) is 9.91. The Morgan fingerprint density at radius 1 is 1.18 bits per heavy atom. The zero-order chi connectivity index (χ0) is 20.1. The predicted octanol–water partition coefficient (Wildman–Crippen LogP) is 3.29. The van der Waals surface area contributed by atoms with E-state index >= 15 is 0 Å². The molecule has 1 heterocycles. The molecule has 0 saturated carbocycles. The van der Waals surface area contributed by atoms with Crippen LogP contribution in [0.1, 0.15) is 0 Å². The van der Waals surface area contributed by atoms with Crippen molar-refractivity contribution in [1.82, 2.24) is 0 Å². The van der Waals surface area contributed by atoms with E-state index in [0.29, 0.717) is 5.03 Å². The van der Waals surface area contributed by atoms with E-state index in [1.165, 1.54) is 30.0 Å². The number of Topliss-reactive ketones (excluding diaryl/α,β-unsaturated/α-hetero) is 1. The molecule has 0 fully saturated rings. The van der Waals surface area contributed by atoms with Crippen LogP contribution in [0.15, 0.2) is 64.0 Å². The monoisotopic (exact) mass is 398 g/mol. The van der Waals surface area contributed by atoms with Crippen molar-refractivity contribution in [2.75, 3.05) is 25.2 Å². The minimum Gasteiger partial charge on any atom is -0.482 e. The van der Waals surface area contributed by atoms with Crippen LogP contribution in [-0.2, 0) is 14.3 Å². The standard InChI is InChI=1S/C20H15FN2O4S/c1-23-16-7-2-3-8-18(16)28-20(23)15(10-22)17(24)11-27-19(25)12-26-14-6-4-5-13(21)9-14/h2-9H,11-12H2,1H3/b20-15-. The molecular weight excluding hydrogens is 383 g/mol. The molecule has 0 aliphatic carbocycles. The van der Waals surface area contributed by atoms with Crippen LogP contribution in [0.2, 0.25) is 0 Å². The van der Waals surface area contributed by atoms with E-state index in [-0.39, 0.29) is 11.3 Å². The fourth-order valence-electron chi connectivity index (χ4n) is 2.51. The molecule has 0 unspecified atom stereocenters. The zero-order valence-corrected chi connectivity index (χ0v) is 15.7. The lowest BCUT2D eigenvalue weighted by Crippen LogP contribution is -2.22. The normalized spacial score (nSPS) is 14.1. The summed E-state index contributed by atoms with van der Waals surface area (Å²) in [5.41, 5.74) is 0.811. The fourth-order valence-corrected chi connectivity index (χ4v) is 3.67. The van der Waals surface area contributed by atoms with E-state index in [9.17, 15) is 19.2 Å². The Hall–Kier alpha value is -3.31. The quantitative estimate of drug-likeness (QED) is 0.420. The number of nitrogens with zero attached hydrogens (tertiary/aromatic N) is 2. The lowest BCUT2D eigenvalue weighted by molar-refractivity contribution is -0.149. The van der Waals surface area contributed by atoms with Crippen LogP contribution < -0.4 is 9.64 Å². The summed E-state index contributed by atoms with van der Waals surface area (Å²) in [5.74, 6) is -1.73. The molecule has 6 nitrogen and oxygen atoms in total. The maximum Gasteiger partial charge on any atom is 0.344 e. The van der Waals surface area contributed by atoms with Crippen molar-refractivity contribution in [2.24, 2.45) is 0 Å². The first kappa shape index (κ1) is 19.5. The van der Waals surface area contributed by atoms with Crippen LogP contribution >= 0.6 is 11.8 Å². The van der Waals surface area contributed by atoms with E-state index < -0.39 is 30.8 Å². The lowest BCUT2D eigenvalue weighted by atomic mass is 10.2. The lowest BCUT2D eigenvalue weighted by Gasteiger charge is -2.14. The van der Waals surface area contributed by atoms with Gasteiger partial charge in [-0.05, 0) is 24.3 Å². The molecule has 3 rings (SSSR count). The molecule has 28 heavy (non-hydrogen) atoms. The Kier molecular flexibility index (Phi) is 5.96. The summed E-state index contributed by atoms with van der Waals surface area (Å²) in [4.78, 5) is 26.9. The highest BCUT2D eigenvalue weighted by atomic mass is 32.2. The Balaban J connectivity index is 1.59. The molecule has 2 aromatic rings. The number of esters is 1. The number of benzene rings is 2. The molecule has 142 valence electrons. The van der Waals surface area contributed by atoms with Gasteiger partial charge < -0.3 is 14.4 Å². The van der Waals surface area contributed by atoms with E-state index in [1.807, 2.05) is 30.3 Å². The number of anilines is 1. The van der Waals surface area contributed by atoms with Gasteiger partial charge in [-0.1, -0.05) is 30.0 Å². The summed E-state index contributed by atoms with van der Waals surface area (Å²) in [6.07, 6.45) is 0. The molecule has 0 N–H and O–H groups in total. The van der Waals surface area contributed by atoms with Crippen LogP contribution in [0, 0.1) is 17.1 Å². The second-order valence-electron chi connectivity index (χ2n) is 5.75. The highest BCUT2D eigenvalue weighted by molar-refractivity contribution is 8.03. The van der Waals surface area contributed by atoms with Crippen molar-refractivity contribution in [3.8, 4) is 11.8 Å². The average molecular weight is 398 g/mol. The molecule has 0 spiro atoms. The number of hydrogen-bond acceptors (Lipinski definition) is 7. The summed E-state index contributed by atoms with van der Waals surface area (Å²) in [7, 11) is 1.76. The maximum absolute atomic E-state index is 13.1. The Labute approximate surface area is 165 Å². The minimum atomic E-state index is -0.796. The number of ketones is 1. The highest BCUT2D eigenvalue weighted by Gasteiger charge is 2.28. The van der Waals surface area contributed by atoms with Gasteiger partial charge in [0, 0.05) is 18.0 Å². The third-order valence-electron chi connectivity index (χ3n) is 3.86. The molecule has 0 amide bonds. The Morgan fingerprint density at radius 3 is 2.68 bits per heavy atom. The summed E-state index contributed by atoms with van der Waals surface area (Å²) >= 11 is 1.31. The van der Waals surface area contributed by atoms with E-state index in [0.717, 1.165) is 16.6 Å². The molecule has 0 saturated heterocycles. The van der Waals surface area contributed by atoms with Gasteiger partial charge in [0.15, 0.2) is 13.2 Å². The first-order valence-electron chi connectivity index (χ1n) is 8.21. The maximum atomic E-state index is 13.1. The number of carbonyl (C=O) groups excluding carboxylic acids is 2. The van der Waals surface area contributed by atoms with Crippen molar-refractivity contribution in [2.45, 2.75) is 4.90 Å². The topological polar surface area (TPSA) is 79.6 Å². The van der Waals surface area contributed by atoms with Crippen LogP contribution in [0.5, 0.6) is 5.75 Å². The van der Waals surface area contributed by atoms with E-state index in [4.69, 9.17) is 9.47 Å². The van der Waals surface area contributed by atoms with Gasteiger partial charge in [-0.3, -0.25) is 4.79 Å². The first-order chi connectivity index (χ1) is 13.5. The van der Waals surface area contributed by atoms with Gasteiger partial charge >= 0.3 is 5.97 Å². The van der Waals surface area contributed by atoms with Crippen molar-refractivity contribution < 1.29 is 23.5 Å². The number of thioether (sulfide) groups is 1. The number of para-hydroxylation sites is 1. The summed E-state index contributed by atoms with van der Waals surface area (Å²) in [6.45, 7) is -1.06. The largest absolute Gasteiger partial charge is 0.482 e.